The molecule has 3 fully saturated rings. The third-order valence-electron chi connectivity index (χ3n) is 5.52. The molecule has 1 aliphatic carbocycles. The number of carboxylic acids is 1. The summed E-state index contributed by atoms with van der Waals surface area (Å²) >= 11 is 1.39. The van der Waals surface area contributed by atoms with Crippen molar-refractivity contribution in [3.63, 3.8) is 0 Å². The predicted octanol–water partition coefficient (Wildman–Crippen LogP) is -0.503. The molecule has 9 heteroatoms. The Balaban J connectivity index is 1.62. The summed E-state index contributed by atoms with van der Waals surface area (Å²) in [6.07, 6.45) is 2.32. The van der Waals surface area contributed by atoms with Crippen LogP contribution in [0.5, 0.6) is 0 Å². The Bertz CT molecular complexity index is 590. The molecule has 3 rings (SSSR count). The van der Waals surface area contributed by atoms with Gasteiger partial charge in [-0.2, -0.15) is 0 Å². The van der Waals surface area contributed by atoms with Gasteiger partial charge in [-0.3, -0.25) is 9.59 Å². The van der Waals surface area contributed by atoms with Gasteiger partial charge in [0.05, 0.1) is 12.1 Å². The molecule has 8 nitrogen and oxygen atoms in total. The number of carbonyl (C=O) groups is 3. The van der Waals surface area contributed by atoms with Crippen LogP contribution >= 0.6 is 11.8 Å². The minimum absolute atomic E-state index is 0.00544. The first-order valence-electron chi connectivity index (χ1n) is 8.60. The number of nitrogens with one attached hydrogen (secondary N) is 1. The van der Waals surface area contributed by atoms with Gasteiger partial charge in [0.2, 0.25) is 11.8 Å². The van der Waals surface area contributed by atoms with E-state index in [4.69, 9.17) is 5.73 Å². The highest BCUT2D eigenvalue weighted by Crippen LogP contribution is 2.50. The molecule has 140 valence electrons. The zero-order valence-electron chi connectivity index (χ0n) is 14.3. The third kappa shape index (κ3) is 3.13. The average Bonchev–Trinajstić information content (AvgIpc) is 2.80. The van der Waals surface area contributed by atoms with Crippen LogP contribution in [0.15, 0.2) is 0 Å². The van der Waals surface area contributed by atoms with Crippen LogP contribution in [-0.2, 0) is 14.4 Å². The highest BCUT2D eigenvalue weighted by Gasteiger charge is 2.64. The Kier molecular flexibility index (Phi) is 4.76. The van der Waals surface area contributed by atoms with E-state index in [1.54, 1.807) is 13.8 Å². The molecule has 4 unspecified atom stereocenters. The normalized spacial score (nSPS) is 37.8. The number of aliphatic hydroxyl groups is 1. The summed E-state index contributed by atoms with van der Waals surface area (Å²) in [4.78, 5) is 37.7. The van der Waals surface area contributed by atoms with Gasteiger partial charge in [-0.1, -0.05) is 0 Å². The number of hydrogen-bond donors (Lipinski definition) is 4. The molecular weight excluding hydrogens is 346 g/mol. The van der Waals surface area contributed by atoms with Crippen molar-refractivity contribution in [1.29, 1.82) is 0 Å². The molecule has 0 radical (unpaired) electrons. The van der Waals surface area contributed by atoms with Crippen LogP contribution in [0.3, 0.4) is 0 Å². The standard InChI is InChI=1S/C16H25N3O5S/c1-16(2)11(15(23)24)19-13(22)10(14(19)25-16)18-12(21)9(17)7-3-5-8(20)6-4-7/h7-11,14,20H,3-6,17H2,1-2H3,(H,18,21)(H,23,24). The number of aliphatic hydroxyl groups excluding tert-OH is 1. The summed E-state index contributed by atoms with van der Waals surface area (Å²) in [7, 11) is 0. The van der Waals surface area contributed by atoms with Crippen molar-refractivity contribution in [2.45, 2.75) is 73.9 Å². The fourth-order valence-corrected chi connectivity index (χ4v) is 5.70. The fourth-order valence-electron chi connectivity index (χ4n) is 4.07. The largest absolute Gasteiger partial charge is 0.480 e. The van der Waals surface area contributed by atoms with Gasteiger partial charge >= 0.3 is 5.97 Å². The number of hydrogen-bond acceptors (Lipinski definition) is 6. The average molecular weight is 371 g/mol. The van der Waals surface area contributed by atoms with Gasteiger partial charge in [-0.15, -0.1) is 11.8 Å². The molecule has 4 atom stereocenters. The SMILES string of the molecule is CC1(C)SC2C(NC(=O)C(N)C3CCC(O)CC3)C(=O)N2C1C(=O)O. The maximum absolute atomic E-state index is 12.4. The highest BCUT2D eigenvalue weighted by atomic mass is 32.2. The summed E-state index contributed by atoms with van der Waals surface area (Å²) in [5, 5.41) is 21.3. The second kappa shape index (κ2) is 6.44. The number of thioether (sulfide) groups is 1. The van der Waals surface area contributed by atoms with Crippen molar-refractivity contribution in [2.24, 2.45) is 11.7 Å². The van der Waals surface area contributed by atoms with Crippen LogP contribution < -0.4 is 11.1 Å². The summed E-state index contributed by atoms with van der Waals surface area (Å²) in [6, 6.07) is -2.33. The summed E-state index contributed by atoms with van der Waals surface area (Å²) in [5.41, 5.74) is 6.06. The quantitative estimate of drug-likeness (QED) is 0.490. The highest BCUT2D eigenvalue weighted by molar-refractivity contribution is 8.01. The molecule has 1 saturated carbocycles. The molecule has 0 aromatic rings. The van der Waals surface area contributed by atoms with Crippen LogP contribution in [0.2, 0.25) is 0 Å². The molecule has 2 heterocycles. The Morgan fingerprint density at radius 2 is 1.92 bits per heavy atom. The lowest BCUT2D eigenvalue weighted by molar-refractivity contribution is -0.161. The number of fused-ring (bicyclic) bond motifs is 1. The number of nitrogens with zero attached hydrogens (tertiary/aromatic N) is 1. The number of nitrogens with two attached hydrogens (primary N) is 1. The van der Waals surface area contributed by atoms with Gasteiger partial charge in [0.1, 0.15) is 17.5 Å². The van der Waals surface area contributed by atoms with E-state index in [0.717, 1.165) is 0 Å². The molecule has 0 aromatic heterocycles. The summed E-state index contributed by atoms with van der Waals surface area (Å²) in [5.74, 6) is -1.78. The first kappa shape index (κ1) is 18.5. The lowest BCUT2D eigenvalue weighted by Gasteiger charge is -2.44. The third-order valence-corrected chi connectivity index (χ3v) is 7.10. The first-order valence-corrected chi connectivity index (χ1v) is 9.48. The maximum atomic E-state index is 12.4. The van der Waals surface area contributed by atoms with Crippen LogP contribution in [0, 0.1) is 5.92 Å². The second-order valence-corrected chi connectivity index (χ2v) is 9.45. The maximum Gasteiger partial charge on any atom is 0.327 e. The lowest BCUT2D eigenvalue weighted by atomic mass is 9.82. The van der Waals surface area contributed by atoms with Crippen LogP contribution in [0.25, 0.3) is 0 Å². The topological polar surface area (TPSA) is 133 Å². The summed E-state index contributed by atoms with van der Waals surface area (Å²) in [6.45, 7) is 3.58. The summed E-state index contributed by atoms with van der Waals surface area (Å²) < 4.78 is -0.618. The van der Waals surface area contributed by atoms with Crippen molar-refractivity contribution in [2.75, 3.05) is 0 Å². The fraction of sp³-hybridized carbons (Fsp3) is 0.812. The van der Waals surface area contributed by atoms with Gasteiger partial charge in [0.15, 0.2) is 0 Å². The van der Waals surface area contributed by atoms with Gasteiger partial charge < -0.3 is 26.2 Å². The number of carbonyl (C=O) groups excluding carboxylic acids is 2. The molecule has 0 spiro atoms. The van der Waals surface area contributed by atoms with E-state index in [2.05, 4.69) is 5.32 Å². The first-order chi connectivity index (χ1) is 11.6. The number of β-lactam (4-membered cyclic amide) rings is 1. The van der Waals surface area contributed by atoms with Gasteiger partial charge in [0.25, 0.3) is 0 Å². The molecule has 2 aliphatic heterocycles. The van der Waals surface area contributed by atoms with Gasteiger partial charge in [0, 0.05) is 4.75 Å². The lowest BCUT2D eigenvalue weighted by Crippen LogP contribution is -2.71. The Labute approximate surface area is 150 Å². The minimum atomic E-state index is -1.03. The van der Waals surface area contributed by atoms with Gasteiger partial charge in [-0.25, -0.2) is 4.79 Å². The zero-order chi connectivity index (χ0) is 18.5. The van der Waals surface area contributed by atoms with Crippen LogP contribution in [0.1, 0.15) is 39.5 Å². The number of amides is 2. The van der Waals surface area contributed by atoms with E-state index in [0.29, 0.717) is 25.7 Å². The molecule has 3 aliphatic rings. The smallest absolute Gasteiger partial charge is 0.327 e. The molecule has 0 aromatic carbocycles. The van der Waals surface area contributed by atoms with Gasteiger partial charge in [-0.05, 0) is 45.4 Å². The Morgan fingerprint density at radius 3 is 2.48 bits per heavy atom. The van der Waals surface area contributed by atoms with E-state index < -0.39 is 28.8 Å². The van der Waals surface area contributed by atoms with Crippen LogP contribution in [0.4, 0.5) is 0 Å². The van der Waals surface area contributed by atoms with Crippen molar-refractivity contribution in [3.8, 4) is 0 Å². The molecular formula is C16H25N3O5S. The Morgan fingerprint density at radius 1 is 1.32 bits per heavy atom. The van der Waals surface area contributed by atoms with E-state index in [1.165, 1.54) is 16.7 Å². The molecule has 2 saturated heterocycles. The Hall–Kier alpha value is -1.32. The molecule has 25 heavy (non-hydrogen) atoms. The van der Waals surface area contributed by atoms with Crippen molar-refractivity contribution < 1.29 is 24.6 Å². The van der Waals surface area contributed by atoms with E-state index in [9.17, 15) is 24.6 Å². The molecule has 0 bridgehead atoms. The minimum Gasteiger partial charge on any atom is -0.480 e. The van der Waals surface area contributed by atoms with Crippen molar-refractivity contribution in [1.82, 2.24) is 10.2 Å². The monoisotopic (exact) mass is 371 g/mol. The molecule has 2 amide bonds. The number of aliphatic carboxylic acids is 1. The van der Waals surface area contributed by atoms with E-state index in [1.807, 2.05) is 0 Å². The van der Waals surface area contributed by atoms with E-state index in [-0.39, 0.29) is 29.2 Å². The van der Waals surface area contributed by atoms with Crippen molar-refractivity contribution in [3.05, 3.63) is 0 Å². The van der Waals surface area contributed by atoms with Crippen molar-refractivity contribution >= 4 is 29.5 Å². The number of rotatable bonds is 4. The predicted molar refractivity (Wildman–Crippen MR) is 91.6 cm³/mol. The second-order valence-electron chi connectivity index (χ2n) is 7.68. The number of carboxylic acid groups (broad SMARTS) is 1. The van der Waals surface area contributed by atoms with E-state index >= 15 is 0 Å². The zero-order valence-corrected chi connectivity index (χ0v) is 15.2. The molecule has 5 N–H and O–H groups in total. The van der Waals surface area contributed by atoms with Crippen LogP contribution in [-0.4, -0.2) is 67.2 Å².